The van der Waals surface area contributed by atoms with Gasteiger partial charge in [-0.25, -0.2) is 0 Å². The Balaban J connectivity index is 2.07. The number of carbonyl (C=O) groups is 1. The molecule has 0 spiro atoms. The summed E-state index contributed by atoms with van der Waals surface area (Å²) in [5, 5.41) is 2.82. The number of benzene rings is 3. The Hall–Kier alpha value is -2.87. The maximum absolute atomic E-state index is 11.3. The van der Waals surface area contributed by atoms with Crippen molar-refractivity contribution in [2.24, 2.45) is 0 Å². The van der Waals surface area contributed by atoms with Gasteiger partial charge in [-0.3, -0.25) is 4.79 Å². The first kappa shape index (κ1) is 15.0. The van der Waals surface area contributed by atoms with Gasteiger partial charge in [0, 0.05) is 12.6 Å². The van der Waals surface area contributed by atoms with E-state index in [4.69, 9.17) is 0 Å². The molecule has 0 bridgehead atoms. The molecule has 113 valence electrons. The zero-order valence-electron chi connectivity index (χ0n) is 13.3. The van der Waals surface area contributed by atoms with Crippen molar-refractivity contribution in [3.8, 4) is 22.3 Å². The molecule has 3 aromatic rings. The molecule has 2 nitrogen and oxygen atoms in total. The van der Waals surface area contributed by atoms with Crippen molar-refractivity contribution in [2.45, 2.75) is 13.8 Å². The van der Waals surface area contributed by atoms with Crippen molar-refractivity contribution >= 4 is 11.6 Å². The summed E-state index contributed by atoms with van der Waals surface area (Å²) in [5.74, 6) is -0.0750. The number of amides is 1. The van der Waals surface area contributed by atoms with E-state index in [-0.39, 0.29) is 5.91 Å². The van der Waals surface area contributed by atoms with Crippen molar-refractivity contribution < 1.29 is 4.79 Å². The lowest BCUT2D eigenvalue weighted by molar-refractivity contribution is -0.114. The molecule has 1 radical (unpaired) electrons. The van der Waals surface area contributed by atoms with Crippen molar-refractivity contribution in [1.82, 2.24) is 0 Å². The average molecular weight is 300 g/mol. The first-order valence-electron chi connectivity index (χ1n) is 7.59. The van der Waals surface area contributed by atoms with Crippen LogP contribution in [0.3, 0.4) is 0 Å². The molecule has 0 saturated heterocycles. The molecule has 0 aromatic heterocycles. The van der Waals surface area contributed by atoms with Crippen LogP contribution in [0.2, 0.25) is 0 Å². The molecule has 0 fully saturated rings. The predicted octanol–water partition coefficient (Wildman–Crippen LogP) is 5.09. The third-order valence-electron chi connectivity index (χ3n) is 3.70. The number of anilines is 1. The van der Waals surface area contributed by atoms with Gasteiger partial charge in [-0.2, -0.15) is 0 Å². The Morgan fingerprint density at radius 2 is 1.65 bits per heavy atom. The molecule has 0 heterocycles. The normalized spacial score (nSPS) is 10.3. The molecule has 2 heteroatoms. The molecule has 0 saturated carbocycles. The lowest BCUT2D eigenvalue weighted by Gasteiger charge is -2.11. The van der Waals surface area contributed by atoms with Gasteiger partial charge >= 0.3 is 0 Å². The number of aryl methyl sites for hydroxylation is 1. The highest BCUT2D eigenvalue weighted by Crippen LogP contribution is 2.32. The fraction of sp³-hybridized carbons (Fsp3) is 0.0952. The highest BCUT2D eigenvalue weighted by molar-refractivity contribution is 5.90. The number of carbonyl (C=O) groups excluding carboxylic acids is 1. The molecular formula is C21H18NO. The van der Waals surface area contributed by atoms with E-state index in [0.717, 1.165) is 22.4 Å². The maximum atomic E-state index is 11.3. The van der Waals surface area contributed by atoms with Crippen LogP contribution in [0, 0.1) is 13.0 Å². The molecule has 0 atom stereocenters. The van der Waals surface area contributed by atoms with Gasteiger partial charge in [-0.15, -0.1) is 0 Å². The second-order valence-electron chi connectivity index (χ2n) is 5.58. The van der Waals surface area contributed by atoms with Gasteiger partial charge in [0.1, 0.15) is 0 Å². The molecule has 1 amide bonds. The summed E-state index contributed by atoms with van der Waals surface area (Å²) in [7, 11) is 0. The average Bonchev–Trinajstić information content (AvgIpc) is 2.55. The highest BCUT2D eigenvalue weighted by atomic mass is 16.1. The zero-order chi connectivity index (χ0) is 16.2. The van der Waals surface area contributed by atoms with Gasteiger partial charge in [0.2, 0.25) is 5.91 Å². The highest BCUT2D eigenvalue weighted by Gasteiger charge is 2.08. The van der Waals surface area contributed by atoms with E-state index in [1.54, 1.807) is 0 Å². The van der Waals surface area contributed by atoms with Crippen LogP contribution in [-0.4, -0.2) is 5.91 Å². The molecule has 23 heavy (non-hydrogen) atoms. The van der Waals surface area contributed by atoms with Gasteiger partial charge in [0.25, 0.3) is 0 Å². The van der Waals surface area contributed by atoms with Gasteiger partial charge in [0.15, 0.2) is 0 Å². The summed E-state index contributed by atoms with van der Waals surface area (Å²) < 4.78 is 0. The standard InChI is InChI=1S/C21H18NO/c1-15-10-12-17(13-11-15)20-8-3-4-9-21(20)18-6-5-7-19(14-18)22-16(2)23/h3-5,7-14H,1-2H3,(H,22,23). The summed E-state index contributed by atoms with van der Waals surface area (Å²) in [6.07, 6.45) is 0. The van der Waals surface area contributed by atoms with Crippen LogP contribution in [0.15, 0.2) is 66.7 Å². The minimum atomic E-state index is -0.0750. The van der Waals surface area contributed by atoms with Gasteiger partial charge in [-0.1, -0.05) is 60.2 Å². The Morgan fingerprint density at radius 3 is 2.35 bits per heavy atom. The quantitative estimate of drug-likeness (QED) is 0.717. The summed E-state index contributed by atoms with van der Waals surface area (Å²) >= 11 is 0. The van der Waals surface area contributed by atoms with E-state index in [0.29, 0.717) is 0 Å². The number of rotatable bonds is 3. The predicted molar refractivity (Wildman–Crippen MR) is 95.2 cm³/mol. The van der Waals surface area contributed by atoms with Crippen molar-refractivity contribution in [3.05, 3.63) is 78.4 Å². The second kappa shape index (κ2) is 6.49. The molecular weight excluding hydrogens is 282 g/mol. The Kier molecular flexibility index (Phi) is 4.24. The summed E-state index contributed by atoms with van der Waals surface area (Å²) in [6, 6.07) is 25.6. The van der Waals surface area contributed by atoms with Crippen LogP contribution in [0.1, 0.15) is 12.5 Å². The summed E-state index contributed by atoms with van der Waals surface area (Å²) in [4.78, 5) is 11.3. The summed E-state index contributed by atoms with van der Waals surface area (Å²) in [6.45, 7) is 3.59. The maximum Gasteiger partial charge on any atom is 0.221 e. The largest absolute Gasteiger partial charge is 0.326 e. The number of hydrogen-bond acceptors (Lipinski definition) is 1. The van der Waals surface area contributed by atoms with Crippen LogP contribution >= 0.6 is 0 Å². The minimum absolute atomic E-state index is 0.0750. The van der Waals surface area contributed by atoms with E-state index >= 15 is 0 Å². The van der Waals surface area contributed by atoms with Crippen molar-refractivity contribution in [2.75, 3.05) is 5.32 Å². The monoisotopic (exact) mass is 300 g/mol. The van der Waals surface area contributed by atoms with E-state index in [1.165, 1.54) is 18.1 Å². The Labute approximate surface area is 136 Å². The minimum Gasteiger partial charge on any atom is -0.326 e. The molecule has 0 aliphatic rings. The van der Waals surface area contributed by atoms with E-state index in [2.05, 4.69) is 54.7 Å². The molecule has 0 aliphatic carbocycles. The molecule has 1 N–H and O–H groups in total. The van der Waals surface area contributed by atoms with Crippen molar-refractivity contribution in [1.29, 1.82) is 0 Å². The molecule has 0 unspecified atom stereocenters. The number of nitrogens with one attached hydrogen (secondary N) is 1. The van der Waals surface area contributed by atoms with Crippen LogP contribution < -0.4 is 5.32 Å². The van der Waals surface area contributed by atoms with E-state index in [9.17, 15) is 4.79 Å². The molecule has 3 aromatic carbocycles. The smallest absolute Gasteiger partial charge is 0.221 e. The molecule has 0 aliphatic heterocycles. The Morgan fingerprint density at radius 1 is 0.957 bits per heavy atom. The fourth-order valence-corrected chi connectivity index (χ4v) is 2.61. The first-order chi connectivity index (χ1) is 11.1. The topological polar surface area (TPSA) is 29.1 Å². The Bertz CT molecular complexity index is 834. The fourth-order valence-electron chi connectivity index (χ4n) is 2.61. The second-order valence-corrected chi connectivity index (χ2v) is 5.58. The number of hydrogen-bond donors (Lipinski definition) is 1. The third kappa shape index (κ3) is 3.49. The van der Waals surface area contributed by atoms with Gasteiger partial charge in [0.05, 0.1) is 0 Å². The summed E-state index contributed by atoms with van der Waals surface area (Å²) in [5.41, 5.74) is 6.42. The van der Waals surface area contributed by atoms with E-state index < -0.39 is 0 Å². The molecule has 3 rings (SSSR count). The lowest BCUT2D eigenvalue weighted by atomic mass is 9.94. The zero-order valence-corrected chi connectivity index (χ0v) is 13.3. The van der Waals surface area contributed by atoms with Crippen LogP contribution in [0.4, 0.5) is 5.69 Å². The SMILES string of the molecule is CC(=O)Nc1cc[c]c(-c2ccccc2-c2ccc(C)cc2)c1. The lowest BCUT2D eigenvalue weighted by Crippen LogP contribution is -2.05. The van der Waals surface area contributed by atoms with Crippen LogP contribution in [-0.2, 0) is 4.79 Å². The van der Waals surface area contributed by atoms with Crippen LogP contribution in [0.5, 0.6) is 0 Å². The van der Waals surface area contributed by atoms with Gasteiger partial charge < -0.3 is 5.32 Å². The van der Waals surface area contributed by atoms with Gasteiger partial charge in [-0.05, 0) is 47.4 Å². The van der Waals surface area contributed by atoms with E-state index in [1.807, 2.05) is 30.3 Å². The van der Waals surface area contributed by atoms with Crippen LogP contribution in [0.25, 0.3) is 22.3 Å². The third-order valence-corrected chi connectivity index (χ3v) is 3.70. The van der Waals surface area contributed by atoms with Crippen molar-refractivity contribution in [3.63, 3.8) is 0 Å². The first-order valence-corrected chi connectivity index (χ1v) is 7.59.